The summed E-state index contributed by atoms with van der Waals surface area (Å²) < 4.78 is 7.24. The van der Waals surface area contributed by atoms with Crippen molar-refractivity contribution in [3.8, 4) is 5.88 Å². The van der Waals surface area contributed by atoms with Crippen LogP contribution in [0.15, 0.2) is 6.33 Å². The predicted molar refractivity (Wildman–Crippen MR) is 70.9 cm³/mol. The van der Waals surface area contributed by atoms with Gasteiger partial charge in [0.15, 0.2) is 11.2 Å². The molecule has 5 nitrogen and oxygen atoms in total. The van der Waals surface area contributed by atoms with E-state index in [-0.39, 0.29) is 0 Å². The van der Waals surface area contributed by atoms with Crippen LogP contribution in [0.2, 0.25) is 0 Å². The Labute approximate surface area is 111 Å². The molecule has 2 aromatic rings. The van der Waals surface area contributed by atoms with Gasteiger partial charge in [-0.2, -0.15) is 4.98 Å². The van der Waals surface area contributed by atoms with Crippen LogP contribution in [0.5, 0.6) is 5.88 Å². The van der Waals surface area contributed by atoms with Crippen molar-refractivity contribution in [2.45, 2.75) is 32.7 Å². The molecule has 0 amide bonds. The monoisotopic (exact) mass is 268 g/mol. The van der Waals surface area contributed by atoms with Crippen LogP contribution in [0, 0.1) is 5.92 Å². The predicted octanol–water partition coefficient (Wildman–Crippen LogP) is 2.62. The molecule has 0 aliphatic heterocycles. The standard InChI is InChI=1S/C12H17ClN4O/c1-8(2)4-5-17-9(6-13)16-10-11(17)14-7-15-12(10)18-3/h7-8H,4-6H2,1-3H3. The Hall–Kier alpha value is -1.36. The molecule has 0 saturated carbocycles. The van der Waals surface area contributed by atoms with E-state index in [0.29, 0.717) is 23.2 Å². The van der Waals surface area contributed by atoms with E-state index in [1.54, 1.807) is 7.11 Å². The van der Waals surface area contributed by atoms with Gasteiger partial charge >= 0.3 is 0 Å². The van der Waals surface area contributed by atoms with Crippen LogP contribution in [0.3, 0.4) is 0 Å². The number of methoxy groups -OCH3 is 1. The number of aryl methyl sites for hydroxylation is 1. The van der Waals surface area contributed by atoms with E-state index in [4.69, 9.17) is 16.3 Å². The van der Waals surface area contributed by atoms with E-state index >= 15 is 0 Å². The first-order chi connectivity index (χ1) is 8.67. The smallest absolute Gasteiger partial charge is 0.245 e. The normalized spacial score (nSPS) is 11.4. The topological polar surface area (TPSA) is 52.8 Å². The van der Waals surface area contributed by atoms with Gasteiger partial charge in [-0.15, -0.1) is 11.6 Å². The number of nitrogens with zero attached hydrogens (tertiary/aromatic N) is 4. The Bertz CT molecular complexity index is 538. The summed E-state index contributed by atoms with van der Waals surface area (Å²) in [6, 6.07) is 0. The molecule has 0 radical (unpaired) electrons. The first-order valence-electron chi connectivity index (χ1n) is 5.97. The van der Waals surface area contributed by atoms with Crippen molar-refractivity contribution >= 4 is 22.8 Å². The molecule has 0 aliphatic rings. The zero-order valence-electron chi connectivity index (χ0n) is 10.9. The second-order valence-electron chi connectivity index (χ2n) is 4.55. The highest BCUT2D eigenvalue weighted by molar-refractivity contribution is 6.16. The molecule has 2 heterocycles. The molecule has 0 aliphatic carbocycles. The second kappa shape index (κ2) is 5.52. The number of aromatic nitrogens is 4. The van der Waals surface area contributed by atoms with Gasteiger partial charge in [-0.1, -0.05) is 13.8 Å². The number of fused-ring (bicyclic) bond motifs is 1. The van der Waals surface area contributed by atoms with Crippen LogP contribution in [-0.4, -0.2) is 26.6 Å². The molecule has 0 fully saturated rings. The molecule has 6 heteroatoms. The third-order valence-electron chi connectivity index (χ3n) is 2.82. The van der Waals surface area contributed by atoms with E-state index < -0.39 is 0 Å². The van der Waals surface area contributed by atoms with Crippen LogP contribution < -0.4 is 4.74 Å². The van der Waals surface area contributed by atoms with Crippen LogP contribution in [0.25, 0.3) is 11.2 Å². The maximum Gasteiger partial charge on any atom is 0.245 e. The van der Waals surface area contributed by atoms with Crippen molar-refractivity contribution in [1.82, 2.24) is 19.5 Å². The Morgan fingerprint density at radius 3 is 2.78 bits per heavy atom. The Morgan fingerprint density at radius 1 is 1.39 bits per heavy atom. The van der Waals surface area contributed by atoms with E-state index in [1.807, 2.05) is 4.57 Å². The van der Waals surface area contributed by atoms with Crippen molar-refractivity contribution in [2.24, 2.45) is 5.92 Å². The molecule has 18 heavy (non-hydrogen) atoms. The van der Waals surface area contributed by atoms with Gasteiger partial charge in [0, 0.05) is 6.54 Å². The van der Waals surface area contributed by atoms with Gasteiger partial charge in [-0.3, -0.25) is 0 Å². The highest BCUT2D eigenvalue weighted by atomic mass is 35.5. The van der Waals surface area contributed by atoms with Crippen LogP contribution in [0.1, 0.15) is 26.1 Å². The SMILES string of the molecule is COc1ncnc2c1nc(CCl)n2CCC(C)C. The number of alkyl halides is 1. The fourth-order valence-corrected chi connectivity index (χ4v) is 2.04. The summed E-state index contributed by atoms with van der Waals surface area (Å²) in [6.45, 7) is 5.24. The van der Waals surface area contributed by atoms with Gasteiger partial charge in [-0.25, -0.2) is 9.97 Å². The highest BCUT2D eigenvalue weighted by Gasteiger charge is 2.15. The molecular formula is C12H17ClN4O. The first-order valence-corrected chi connectivity index (χ1v) is 6.50. The van der Waals surface area contributed by atoms with Gasteiger partial charge in [0.05, 0.1) is 13.0 Å². The van der Waals surface area contributed by atoms with Crippen molar-refractivity contribution in [3.63, 3.8) is 0 Å². The Kier molecular flexibility index (Phi) is 4.01. The van der Waals surface area contributed by atoms with Gasteiger partial charge in [0.2, 0.25) is 5.88 Å². The minimum atomic E-state index is 0.359. The zero-order valence-corrected chi connectivity index (χ0v) is 11.6. The fraction of sp³-hybridized carbons (Fsp3) is 0.583. The fourth-order valence-electron chi connectivity index (χ4n) is 1.83. The highest BCUT2D eigenvalue weighted by Crippen LogP contribution is 2.23. The minimum Gasteiger partial charge on any atom is -0.479 e. The zero-order chi connectivity index (χ0) is 13.1. The number of halogens is 1. The van der Waals surface area contributed by atoms with Crippen LogP contribution in [-0.2, 0) is 12.4 Å². The molecule has 0 bridgehead atoms. The summed E-state index contributed by atoms with van der Waals surface area (Å²) in [5.41, 5.74) is 1.47. The van der Waals surface area contributed by atoms with Crippen molar-refractivity contribution < 1.29 is 4.74 Å². The number of hydrogen-bond acceptors (Lipinski definition) is 4. The maximum absolute atomic E-state index is 5.94. The molecule has 0 saturated heterocycles. The van der Waals surface area contributed by atoms with E-state index in [2.05, 4.69) is 28.8 Å². The quantitative estimate of drug-likeness (QED) is 0.782. The molecule has 0 aromatic carbocycles. The van der Waals surface area contributed by atoms with E-state index in [1.165, 1.54) is 6.33 Å². The lowest BCUT2D eigenvalue weighted by molar-refractivity contribution is 0.401. The first kappa shape index (κ1) is 13.1. The van der Waals surface area contributed by atoms with Gasteiger partial charge < -0.3 is 9.30 Å². The van der Waals surface area contributed by atoms with Crippen molar-refractivity contribution in [3.05, 3.63) is 12.2 Å². The molecule has 2 aromatic heterocycles. The summed E-state index contributed by atoms with van der Waals surface area (Å²) in [6.07, 6.45) is 2.55. The van der Waals surface area contributed by atoms with E-state index in [0.717, 1.165) is 24.4 Å². The van der Waals surface area contributed by atoms with Gasteiger partial charge in [0.25, 0.3) is 0 Å². The van der Waals surface area contributed by atoms with Crippen LogP contribution in [0.4, 0.5) is 0 Å². The molecule has 0 atom stereocenters. The largest absolute Gasteiger partial charge is 0.479 e. The second-order valence-corrected chi connectivity index (χ2v) is 4.82. The minimum absolute atomic E-state index is 0.359. The number of hydrogen-bond donors (Lipinski definition) is 0. The molecular weight excluding hydrogens is 252 g/mol. The molecule has 2 rings (SSSR count). The summed E-state index contributed by atoms with van der Waals surface area (Å²) in [4.78, 5) is 12.8. The van der Waals surface area contributed by atoms with E-state index in [9.17, 15) is 0 Å². The number of ether oxygens (including phenoxy) is 1. The van der Waals surface area contributed by atoms with Crippen LogP contribution >= 0.6 is 11.6 Å². The molecule has 0 unspecified atom stereocenters. The number of rotatable bonds is 5. The molecule has 98 valence electrons. The molecule has 0 spiro atoms. The summed E-state index contributed by atoms with van der Waals surface area (Å²) in [5, 5.41) is 0. The lowest BCUT2D eigenvalue weighted by Crippen LogP contribution is -2.06. The Balaban J connectivity index is 2.49. The van der Waals surface area contributed by atoms with Gasteiger partial charge in [-0.05, 0) is 12.3 Å². The third-order valence-corrected chi connectivity index (χ3v) is 3.06. The van der Waals surface area contributed by atoms with Crippen molar-refractivity contribution in [2.75, 3.05) is 7.11 Å². The average Bonchev–Trinajstić information content (AvgIpc) is 2.73. The Morgan fingerprint density at radius 2 is 2.17 bits per heavy atom. The summed E-state index contributed by atoms with van der Waals surface area (Å²) in [7, 11) is 1.58. The molecule has 0 N–H and O–H groups in total. The summed E-state index contributed by atoms with van der Waals surface area (Å²) in [5.74, 6) is 2.28. The average molecular weight is 269 g/mol. The third kappa shape index (κ3) is 2.41. The maximum atomic E-state index is 5.94. The lowest BCUT2D eigenvalue weighted by atomic mass is 10.1. The van der Waals surface area contributed by atoms with Gasteiger partial charge in [0.1, 0.15) is 12.2 Å². The lowest BCUT2D eigenvalue weighted by Gasteiger charge is -2.08. The van der Waals surface area contributed by atoms with Crippen molar-refractivity contribution in [1.29, 1.82) is 0 Å². The summed E-state index contributed by atoms with van der Waals surface area (Å²) >= 11 is 5.94. The number of imidazole rings is 1.